The van der Waals surface area contributed by atoms with Crippen LogP contribution in [0, 0.1) is 11.2 Å². The lowest BCUT2D eigenvalue weighted by Gasteiger charge is -2.25. The third-order valence-electron chi connectivity index (χ3n) is 5.70. The number of carbonyl (C=O) groups excluding carboxylic acids is 1. The highest BCUT2D eigenvalue weighted by atomic mass is 19.4. The van der Waals surface area contributed by atoms with E-state index < -0.39 is 59.0 Å². The van der Waals surface area contributed by atoms with Gasteiger partial charge in [0.25, 0.3) is 5.91 Å². The van der Waals surface area contributed by atoms with Gasteiger partial charge < -0.3 is 20.3 Å². The van der Waals surface area contributed by atoms with Crippen molar-refractivity contribution in [1.82, 2.24) is 15.1 Å². The van der Waals surface area contributed by atoms with Crippen LogP contribution in [0.4, 0.5) is 17.6 Å². The van der Waals surface area contributed by atoms with Crippen LogP contribution in [0.3, 0.4) is 0 Å². The number of nitrogens with one attached hydrogen (secondary N) is 1. The van der Waals surface area contributed by atoms with Gasteiger partial charge in [-0.1, -0.05) is 51.1 Å². The number of nitrogens with zero attached hydrogens (tertiary/aromatic N) is 2. The SMILES string of the molecule is CC(C)(C)C(O)COc1cc(C(=O)NC(CC(=O)O)c2ccccc2C(F)(F)F)nn1-c1ccccc1F. The first-order valence-electron chi connectivity index (χ1n) is 11.5. The molecule has 0 bridgehead atoms. The number of hydrogen-bond donors (Lipinski definition) is 3. The molecular formula is C26H27F4N3O5. The van der Waals surface area contributed by atoms with Crippen molar-refractivity contribution in [2.45, 2.75) is 45.5 Å². The molecule has 3 N–H and O–H groups in total. The highest BCUT2D eigenvalue weighted by Crippen LogP contribution is 2.35. The average Bonchev–Trinajstić information content (AvgIpc) is 3.25. The van der Waals surface area contributed by atoms with Gasteiger partial charge in [0.15, 0.2) is 5.69 Å². The molecule has 2 aromatic carbocycles. The summed E-state index contributed by atoms with van der Waals surface area (Å²) in [6.07, 6.45) is -6.57. The van der Waals surface area contributed by atoms with E-state index in [4.69, 9.17) is 4.74 Å². The van der Waals surface area contributed by atoms with Crippen LogP contribution < -0.4 is 10.1 Å². The molecule has 0 aliphatic rings. The van der Waals surface area contributed by atoms with Crippen LogP contribution in [0.15, 0.2) is 54.6 Å². The largest absolute Gasteiger partial charge is 0.481 e. The van der Waals surface area contributed by atoms with E-state index in [1.165, 1.54) is 24.3 Å². The van der Waals surface area contributed by atoms with Crippen LogP contribution >= 0.6 is 0 Å². The van der Waals surface area contributed by atoms with Crippen molar-refractivity contribution in [3.63, 3.8) is 0 Å². The number of aliphatic hydroxyl groups is 1. The van der Waals surface area contributed by atoms with Gasteiger partial charge in [0.1, 0.15) is 18.1 Å². The molecular weight excluding hydrogens is 510 g/mol. The lowest BCUT2D eigenvalue weighted by molar-refractivity contribution is -0.140. The Balaban J connectivity index is 1.99. The van der Waals surface area contributed by atoms with Crippen LogP contribution in [0.2, 0.25) is 0 Å². The molecule has 1 amide bonds. The molecule has 0 aliphatic heterocycles. The summed E-state index contributed by atoms with van der Waals surface area (Å²) in [5.41, 5.74) is -2.54. The minimum absolute atomic E-state index is 0.0868. The first-order chi connectivity index (χ1) is 17.7. The lowest BCUT2D eigenvalue weighted by atomic mass is 9.90. The molecule has 3 rings (SSSR count). The minimum atomic E-state index is -4.79. The number of aliphatic hydroxyl groups excluding tert-OH is 1. The van der Waals surface area contributed by atoms with Crippen molar-refractivity contribution in [3.8, 4) is 11.6 Å². The van der Waals surface area contributed by atoms with Gasteiger partial charge >= 0.3 is 12.1 Å². The number of aliphatic carboxylic acids is 1. The standard InChI is InChI=1S/C26H27F4N3O5/c1-25(2,3)21(34)14-38-22-12-19(32-33(22)20-11-7-6-10-17(20)27)24(37)31-18(13-23(35)36)15-8-4-5-9-16(15)26(28,29)30/h4-12,18,21,34H,13-14H2,1-3H3,(H,31,37)(H,35,36). The molecule has 0 radical (unpaired) electrons. The Bertz CT molecular complexity index is 1300. The number of benzene rings is 2. The van der Waals surface area contributed by atoms with E-state index in [1.807, 2.05) is 0 Å². The first-order valence-corrected chi connectivity index (χ1v) is 11.5. The minimum Gasteiger partial charge on any atom is -0.481 e. The molecule has 3 aromatic rings. The van der Waals surface area contributed by atoms with Gasteiger partial charge in [-0.15, -0.1) is 0 Å². The number of carboxylic acid groups (broad SMARTS) is 1. The van der Waals surface area contributed by atoms with E-state index >= 15 is 0 Å². The van der Waals surface area contributed by atoms with Gasteiger partial charge in [0.2, 0.25) is 5.88 Å². The number of amides is 1. The maximum absolute atomic E-state index is 14.5. The highest BCUT2D eigenvalue weighted by molar-refractivity contribution is 5.93. The van der Waals surface area contributed by atoms with Crippen molar-refractivity contribution in [2.24, 2.45) is 5.41 Å². The van der Waals surface area contributed by atoms with E-state index in [2.05, 4.69) is 10.4 Å². The van der Waals surface area contributed by atoms with E-state index in [0.29, 0.717) is 0 Å². The molecule has 2 atom stereocenters. The number of ether oxygens (including phenoxy) is 1. The van der Waals surface area contributed by atoms with E-state index in [0.717, 1.165) is 35.0 Å². The summed E-state index contributed by atoms with van der Waals surface area (Å²) in [6.45, 7) is 5.09. The molecule has 0 saturated heterocycles. The van der Waals surface area contributed by atoms with Gasteiger partial charge in [0, 0.05) is 6.07 Å². The summed E-state index contributed by atoms with van der Waals surface area (Å²) in [5.74, 6) is -3.27. The number of hydrogen-bond acceptors (Lipinski definition) is 5. The fourth-order valence-electron chi connectivity index (χ4n) is 3.49. The zero-order chi connectivity index (χ0) is 28.3. The number of para-hydroxylation sites is 1. The third-order valence-corrected chi connectivity index (χ3v) is 5.70. The molecule has 0 spiro atoms. The van der Waals surface area contributed by atoms with Gasteiger partial charge in [-0.25, -0.2) is 4.39 Å². The van der Waals surface area contributed by atoms with Crippen LogP contribution in [-0.2, 0) is 11.0 Å². The maximum Gasteiger partial charge on any atom is 0.416 e. The van der Waals surface area contributed by atoms with Gasteiger partial charge in [-0.2, -0.15) is 23.0 Å². The first kappa shape index (κ1) is 28.6. The molecule has 38 heavy (non-hydrogen) atoms. The summed E-state index contributed by atoms with van der Waals surface area (Å²) in [6, 6.07) is 9.37. The number of alkyl halides is 3. The Labute approximate surface area is 215 Å². The normalized spacial score (nSPS) is 13.6. The third kappa shape index (κ3) is 6.88. The molecule has 1 aromatic heterocycles. The molecule has 8 nitrogen and oxygen atoms in total. The number of carbonyl (C=O) groups is 2. The monoisotopic (exact) mass is 537 g/mol. The summed E-state index contributed by atoms with van der Waals surface area (Å²) in [5, 5.41) is 26.0. The molecule has 0 aliphatic carbocycles. The maximum atomic E-state index is 14.5. The van der Waals surface area contributed by atoms with Gasteiger partial charge in [0.05, 0.1) is 24.1 Å². The Morgan fingerprint density at radius 1 is 1.08 bits per heavy atom. The van der Waals surface area contributed by atoms with Crippen molar-refractivity contribution in [2.75, 3.05) is 6.61 Å². The predicted octanol–water partition coefficient (Wildman–Crippen LogP) is 4.76. The fourth-order valence-corrected chi connectivity index (χ4v) is 3.49. The molecule has 12 heteroatoms. The predicted molar refractivity (Wildman–Crippen MR) is 128 cm³/mol. The average molecular weight is 538 g/mol. The van der Waals surface area contributed by atoms with Crippen molar-refractivity contribution >= 4 is 11.9 Å². The van der Waals surface area contributed by atoms with Crippen LogP contribution in [0.5, 0.6) is 5.88 Å². The summed E-state index contributed by atoms with van der Waals surface area (Å²) < 4.78 is 61.9. The zero-order valence-electron chi connectivity index (χ0n) is 20.8. The zero-order valence-corrected chi connectivity index (χ0v) is 20.8. The number of halogens is 4. The smallest absolute Gasteiger partial charge is 0.416 e. The summed E-state index contributed by atoms with van der Waals surface area (Å²) in [4.78, 5) is 24.5. The summed E-state index contributed by atoms with van der Waals surface area (Å²) >= 11 is 0. The van der Waals surface area contributed by atoms with Gasteiger partial charge in [-0.3, -0.25) is 9.59 Å². The van der Waals surface area contributed by atoms with Gasteiger partial charge in [-0.05, 0) is 29.2 Å². The molecule has 1 heterocycles. The van der Waals surface area contributed by atoms with E-state index in [9.17, 15) is 37.4 Å². The highest BCUT2D eigenvalue weighted by Gasteiger charge is 2.36. The Morgan fingerprint density at radius 3 is 2.32 bits per heavy atom. The van der Waals surface area contributed by atoms with Crippen molar-refractivity contribution < 1.29 is 42.1 Å². The second-order valence-electron chi connectivity index (χ2n) is 9.63. The van der Waals surface area contributed by atoms with Crippen molar-refractivity contribution in [3.05, 3.63) is 77.2 Å². The molecule has 2 unspecified atom stereocenters. The number of carboxylic acids is 1. The van der Waals surface area contributed by atoms with Crippen LogP contribution in [0.25, 0.3) is 5.69 Å². The topological polar surface area (TPSA) is 114 Å². The Morgan fingerprint density at radius 2 is 1.71 bits per heavy atom. The molecule has 0 fully saturated rings. The van der Waals surface area contributed by atoms with Crippen LogP contribution in [-0.4, -0.2) is 44.6 Å². The Hall–Kier alpha value is -3.93. The van der Waals surface area contributed by atoms with Crippen LogP contribution in [0.1, 0.15) is 54.8 Å². The number of aromatic nitrogens is 2. The summed E-state index contributed by atoms with van der Waals surface area (Å²) in [7, 11) is 0. The fraction of sp³-hybridized carbons (Fsp3) is 0.346. The molecule has 204 valence electrons. The lowest BCUT2D eigenvalue weighted by Crippen LogP contribution is -2.32. The second kappa shape index (κ2) is 11.2. The van der Waals surface area contributed by atoms with E-state index in [1.54, 1.807) is 20.8 Å². The molecule has 0 saturated carbocycles. The van der Waals surface area contributed by atoms with Crippen molar-refractivity contribution in [1.29, 1.82) is 0 Å². The Kier molecular flexibility index (Phi) is 8.45. The number of rotatable bonds is 9. The second-order valence-corrected chi connectivity index (χ2v) is 9.63. The quantitative estimate of drug-likeness (QED) is 0.339. The van der Waals surface area contributed by atoms with E-state index in [-0.39, 0.29) is 23.9 Å².